The summed E-state index contributed by atoms with van der Waals surface area (Å²) in [7, 11) is 1.43. The average Bonchev–Trinajstić information content (AvgIpc) is 3.09. The molecular weight excluding hydrogens is 371 g/mol. The van der Waals surface area contributed by atoms with Gasteiger partial charge < -0.3 is 10.1 Å². The Labute approximate surface area is 158 Å². The molecule has 0 bridgehead atoms. The van der Waals surface area contributed by atoms with Crippen LogP contribution in [-0.4, -0.2) is 28.9 Å². The molecule has 0 aliphatic carbocycles. The van der Waals surface area contributed by atoms with Gasteiger partial charge in [-0.1, -0.05) is 0 Å². The topological polar surface area (TPSA) is 93.2 Å². The molecule has 7 nitrogen and oxygen atoms in total. The maximum atomic E-state index is 13.5. The Balaban J connectivity index is 1.85. The van der Waals surface area contributed by atoms with E-state index in [0.717, 1.165) is 0 Å². The predicted octanol–water partition coefficient (Wildman–Crippen LogP) is 3.56. The molecule has 0 aliphatic heterocycles. The molecule has 0 atom stereocenters. The summed E-state index contributed by atoms with van der Waals surface area (Å²) in [6.07, 6.45) is 1.52. The van der Waals surface area contributed by atoms with Crippen LogP contribution in [0.15, 0.2) is 41.9 Å². The van der Waals surface area contributed by atoms with Crippen molar-refractivity contribution in [2.45, 2.75) is 6.92 Å². The van der Waals surface area contributed by atoms with Crippen molar-refractivity contribution < 1.29 is 18.7 Å². The van der Waals surface area contributed by atoms with Gasteiger partial charge in [-0.3, -0.25) is 14.9 Å². The minimum absolute atomic E-state index is 0.207. The quantitative estimate of drug-likeness (QED) is 0.699. The highest BCUT2D eigenvalue weighted by Crippen LogP contribution is 2.31. The molecule has 2 N–H and O–H groups in total. The van der Waals surface area contributed by atoms with Crippen LogP contribution in [0.2, 0.25) is 0 Å². The van der Waals surface area contributed by atoms with E-state index >= 15 is 0 Å². The minimum atomic E-state index is -0.477. The summed E-state index contributed by atoms with van der Waals surface area (Å²) in [6.45, 7) is 1.34. The lowest BCUT2D eigenvalue weighted by Gasteiger charge is -2.08. The Kier molecular flexibility index (Phi) is 5.41. The van der Waals surface area contributed by atoms with Crippen LogP contribution in [0.1, 0.15) is 17.3 Å². The number of benzene rings is 1. The Bertz CT molecular complexity index is 1010. The normalized spacial score (nSPS) is 10.3. The Hall–Kier alpha value is -3.33. The van der Waals surface area contributed by atoms with Gasteiger partial charge in [0.1, 0.15) is 11.4 Å². The largest absolute Gasteiger partial charge is 0.480 e. The van der Waals surface area contributed by atoms with Crippen LogP contribution in [0.4, 0.5) is 15.2 Å². The van der Waals surface area contributed by atoms with Crippen molar-refractivity contribution in [1.29, 1.82) is 0 Å². The highest BCUT2D eigenvalue weighted by Gasteiger charge is 2.16. The van der Waals surface area contributed by atoms with Gasteiger partial charge >= 0.3 is 0 Å². The average molecular weight is 386 g/mol. The number of carbonyl (C=O) groups is 2. The van der Waals surface area contributed by atoms with Gasteiger partial charge in [-0.05, 0) is 30.3 Å². The Morgan fingerprint density at radius 1 is 1.22 bits per heavy atom. The third-order valence-corrected chi connectivity index (χ3v) is 4.26. The number of nitrogens with zero attached hydrogens (tertiary/aromatic N) is 2. The van der Waals surface area contributed by atoms with Gasteiger partial charge in [0.25, 0.3) is 5.91 Å². The number of hydrogen-bond acceptors (Lipinski definition) is 6. The van der Waals surface area contributed by atoms with Gasteiger partial charge in [-0.2, -0.15) is 0 Å². The highest BCUT2D eigenvalue weighted by atomic mass is 32.1. The van der Waals surface area contributed by atoms with Crippen LogP contribution in [0.5, 0.6) is 5.88 Å². The van der Waals surface area contributed by atoms with Gasteiger partial charge in [0.05, 0.1) is 18.5 Å². The van der Waals surface area contributed by atoms with Crippen LogP contribution < -0.4 is 15.4 Å². The SMILES string of the molecule is COc1ncccc1C(=O)Nc1nc(-c2ccc(F)cc2NC(C)=O)cs1. The molecule has 2 amide bonds. The summed E-state index contributed by atoms with van der Waals surface area (Å²) in [5.41, 5.74) is 1.62. The highest BCUT2D eigenvalue weighted by molar-refractivity contribution is 7.14. The summed E-state index contributed by atoms with van der Waals surface area (Å²) >= 11 is 1.20. The van der Waals surface area contributed by atoms with Gasteiger partial charge in [0.2, 0.25) is 11.8 Å². The molecule has 0 saturated heterocycles. The van der Waals surface area contributed by atoms with Crippen molar-refractivity contribution >= 4 is 34.0 Å². The van der Waals surface area contributed by atoms with E-state index in [0.29, 0.717) is 22.1 Å². The van der Waals surface area contributed by atoms with Crippen molar-refractivity contribution in [3.8, 4) is 17.1 Å². The number of ether oxygens (including phenoxy) is 1. The summed E-state index contributed by atoms with van der Waals surface area (Å²) < 4.78 is 18.6. The van der Waals surface area contributed by atoms with Crippen LogP contribution in [-0.2, 0) is 4.79 Å². The molecule has 0 radical (unpaired) electrons. The molecule has 0 aliphatic rings. The van der Waals surface area contributed by atoms with Crippen LogP contribution in [0, 0.1) is 5.82 Å². The van der Waals surface area contributed by atoms with Crippen molar-refractivity contribution in [2.24, 2.45) is 0 Å². The predicted molar refractivity (Wildman–Crippen MR) is 101 cm³/mol. The van der Waals surface area contributed by atoms with Gasteiger partial charge in [-0.25, -0.2) is 14.4 Å². The first-order valence-corrected chi connectivity index (χ1v) is 8.69. The lowest BCUT2D eigenvalue weighted by Crippen LogP contribution is -2.13. The van der Waals surface area contributed by atoms with E-state index in [1.54, 1.807) is 17.5 Å². The van der Waals surface area contributed by atoms with Crippen molar-refractivity contribution in [1.82, 2.24) is 9.97 Å². The summed E-state index contributed by atoms with van der Waals surface area (Å²) in [5, 5.41) is 7.31. The molecule has 0 fully saturated rings. The second-order valence-corrected chi connectivity index (χ2v) is 6.28. The molecular formula is C18H15FN4O3S. The number of thiazole rings is 1. The molecule has 0 unspecified atom stereocenters. The van der Waals surface area contributed by atoms with E-state index in [9.17, 15) is 14.0 Å². The van der Waals surface area contributed by atoms with Gasteiger partial charge in [0.15, 0.2) is 5.13 Å². The standard InChI is InChI=1S/C18H15FN4O3S/c1-10(24)21-14-8-11(19)5-6-12(14)15-9-27-18(22-15)23-16(25)13-4-3-7-20-17(13)26-2/h3-9H,1-2H3,(H,21,24)(H,22,23,25). The number of carbonyl (C=O) groups excluding carboxylic acids is 2. The third-order valence-electron chi connectivity index (χ3n) is 3.50. The number of pyridine rings is 1. The lowest BCUT2D eigenvalue weighted by molar-refractivity contribution is -0.114. The van der Waals surface area contributed by atoms with E-state index in [4.69, 9.17) is 4.74 Å². The van der Waals surface area contributed by atoms with Crippen LogP contribution in [0.25, 0.3) is 11.3 Å². The molecule has 27 heavy (non-hydrogen) atoms. The lowest BCUT2D eigenvalue weighted by atomic mass is 10.1. The summed E-state index contributed by atoms with van der Waals surface area (Å²) in [4.78, 5) is 32.1. The van der Waals surface area contributed by atoms with Crippen LogP contribution >= 0.6 is 11.3 Å². The summed E-state index contributed by atoms with van der Waals surface area (Å²) in [6, 6.07) is 7.23. The zero-order chi connectivity index (χ0) is 19.4. The van der Waals surface area contributed by atoms with E-state index in [2.05, 4.69) is 20.6 Å². The van der Waals surface area contributed by atoms with Crippen molar-refractivity contribution in [3.63, 3.8) is 0 Å². The van der Waals surface area contributed by atoms with Gasteiger partial charge in [-0.15, -0.1) is 11.3 Å². The monoisotopic (exact) mass is 386 g/mol. The molecule has 2 heterocycles. The number of nitrogens with one attached hydrogen (secondary N) is 2. The second kappa shape index (κ2) is 7.92. The molecule has 2 aromatic heterocycles. The van der Waals surface area contributed by atoms with Crippen molar-refractivity contribution in [2.75, 3.05) is 17.7 Å². The first-order valence-electron chi connectivity index (χ1n) is 7.81. The number of hydrogen-bond donors (Lipinski definition) is 2. The number of aromatic nitrogens is 2. The van der Waals surface area contributed by atoms with Crippen molar-refractivity contribution in [3.05, 3.63) is 53.3 Å². The maximum absolute atomic E-state index is 13.5. The fraction of sp³-hybridized carbons (Fsp3) is 0.111. The van der Waals surface area contributed by atoms with E-state index in [-0.39, 0.29) is 17.4 Å². The molecule has 0 saturated carbocycles. The number of anilines is 2. The molecule has 138 valence electrons. The third kappa shape index (κ3) is 4.26. The number of amides is 2. The second-order valence-electron chi connectivity index (χ2n) is 5.42. The van der Waals surface area contributed by atoms with E-state index < -0.39 is 11.7 Å². The number of methoxy groups -OCH3 is 1. The molecule has 0 spiro atoms. The van der Waals surface area contributed by atoms with E-state index in [1.807, 2.05) is 0 Å². The van der Waals surface area contributed by atoms with Gasteiger partial charge in [0, 0.05) is 24.1 Å². The number of rotatable bonds is 5. The first-order chi connectivity index (χ1) is 13.0. The fourth-order valence-electron chi connectivity index (χ4n) is 2.38. The van der Waals surface area contributed by atoms with E-state index in [1.165, 1.54) is 49.8 Å². The zero-order valence-corrected chi connectivity index (χ0v) is 15.3. The number of halogens is 1. The molecule has 9 heteroatoms. The minimum Gasteiger partial charge on any atom is -0.480 e. The van der Waals surface area contributed by atoms with Crippen LogP contribution in [0.3, 0.4) is 0 Å². The molecule has 1 aromatic carbocycles. The Morgan fingerprint density at radius 3 is 2.78 bits per heavy atom. The fourth-order valence-corrected chi connectivity index (χ4v) is 3.08. The maximum Gasteiger partial charge on any atom is 0.262 e. The summed E-state index contributed by atoms with van der Waals surface area (Å²) in [5.74, 6) is -1.01. The Morgan fingerprint density at radius 2 is 2.04 bits per heavy atom. The first kappa shape index (κ1) is 18.5. The molecule has 3 rings (SSSR count). The zero-order valence-electron chi connectivity index (χ0n) is 14.4. The molecule has 3 aromatic rings. The smallest absolute Gasteiger partial charge is 0.262 e.